The lowest BCUT2D eigenvalue weighted by atomic mass is 10.1. The van der Waals surface area contributed by atoms with Crippen LogP contribution in [0.15, 0.2) is 28.7 Å². The lowest BCUT2D eigenvalue weighted by Gasteiger charge is -2.36. The molecule has 96 valence electrons. The first-order valence-corrected chi connectivity index (χ1v) is 6.69. The third-order valence-electron chi connectivity index (χ3n) is 3.30. The van der Waals surface area contributed by atoms with Gasteiger partial charge in [0.1, 0.15) is 0 Å². The van der Waals surface area contributed by atoms with Gasteiger partial charge in [-0.2, -0.15) is 0 Å². The Morgan fingerprint density at radius 1 is 1.41 bits per heavy atom. The number of halogens is 2. The van der Waals surface area contributed by atoms with Gasteiger partial charge in [-0.05, 0) is 25.5 Å². The van der Waals surface area contributed by atoms with E-state index in [4.69, 9.17) is 0 Å². The second kappa shape index (κ2) is 6.74. The molecular formula is C13H20BrClN2. The highest BCUT2D eigenvalue weighted by atomic mass is 79.9. The van der Waals surface area contributed by atoms with Crippen LogP contribution in [0.3, 0.4) is 0 Å². The summed E-state index contributed by atoms with van der Waals surface area (Å²) >= 11 is 3.64. The van der Waals surface area contributed by atoms with Gasteiger partial charge in [-0.3, -0.25) is 4.90 Å². The van der Waals surface area contributed by atoms with Gasteiger partial charge in [0.2, 0.25) is 0 Å². The number of rotatable bonds is 2. The first kappa shape index (κ1) is 15.0. The van der Waals surface area contributed by atoms with Crippen molar-refractivity contribution in [2.24, 2.45) is 0 Å². The Balaban J connectivity index is 0.00000144. The largest absolute Gasteiger partial charge is 0.312 e. The molecule has 17 heavy (non-hydrogen) atoms. The highest BCUT2D eigenvalue weighted by Crippen LogP contribution is 2.27. The van der Waals surface area contributed by atoms with Crippen LogP contribution < -0.4 is 5.32 Å². The summed E-state index contributed by atoms with van der Waals surface area (Å²) in [4.78, 5) is 2.54. The summed E-state index contributed by atoms with van der Waals surface area (Å²) in [5.41, 5.74) is 1.39. The first-order valence-electron chi connectivity index (χ1n) is 5.90. The molecule has 0 aromatic heterocycles. The monoisotopic (exact) mass is 318 g/mol. The van der Waals surface area contributed by atoms with Crippen molar-refractivity contribution in [2.45, 2.75) is 25.9 Å². The molecule has 1 fully saturated rings. The zero-order chi connectivity index (χ0) is 11.5. The lowest BCUT2D eigenvalue weighted by molar-refractivity contribution is 0.158. The van der Waals surface area contributed by atoms with Crippen LogP contribution in [0.2, 0.25) is 0 Å². The smallest absolute Gasteiger partial charge is 0.0332 e. The molecule has 0 aliphatic carbocycles. The molecule has 1 saturated heterocycles. The van der Waals surface area contributed by atoms with Gasteiger partial charge in [-0.1, -0.05) is 34.1 Å². The van der Waals surface area contributed by atoms with Gasteiger partial charge in [0.15, 0.2) is 0 Å². The van der Waals surface area contributed by atoms with Gasteiger partial charge >= 0.3 is 0 Å². The van der Waals surface area contributed by atoms with Gasteiger partial charge < -0.3 is 5.32 Å². The summed E-state index contributed by atoms with van der Waals surface area (Å²) in [6, 6.07) is 9.60. The van der Waals surface area contributed by atoms with Crippen LogP contribution in [-0.2, 0) is 0 Å². The van der Waals surface area contributed by atoms with E-state index in [0.717, 1.165) is 19.6 Å². The molecule has 1 aliphatic heterocycles. The normalized spacial score (nSPS) is 22.9. The third-order valence-corrected chi connectivity index (χ3v) is 4.03. The molecule has 0 saturated carbocycles. The maximum absolute atomic E-state index is 3.64. The Labute approximate surface area is 118 Å². The Hall–Kier alpha value is -0.0900. The molecule has 0 radical (unpaired) electrons. The molecule has 2 nitrogen and oxygen atoms in total. The Kier molecular flexibility index (Phi) is 5.93. The number of hydrogen-bond donors (Lipinski definition) is 1. The Bertz CT molecular complexity index is 359. The average Bonchev–Trinajstić information content (AvgIpc) is 2.29. The van der Waals surface area contributed by atoms with Crippen molar-refractivity contribution >= 4 is 28.3 Å². The highest BCUT2D eigenvalue weighted by molar-refractivity contribution is 9.10. The molecule has 0 spiro atoms. The maximum atomic E-state index is 3.64. The second-order valence-electron chi connectivity index (χ2n) is 4.55. The minimum atomic E-state index is 0. The van der Waals surface area contributed by atoms with E-state index in [0.29, 0.717) is 12.1 Å². The fraction of sp³-hybridized carbons (Fsp3) is 0.538. The average molecular weight is 320 g/mol. The minimum absolute atomic E-state index is 0. The van der Waals surface area contributed by atoms with Crippen molar-refractivity contribution < 1.29 is 0 Å². The Morgan fingerprint density at radius 3 is 2.76 bits per heavy atom. The number of hydrogen-bond acceptors (Lipinski definition) is 2. The third kappa shape index (κ3) is 3.68. The van der Waals surface area contributed by atoms with E-state index in [-0.39, 0.29) is 12.4 Å². The summed E-state index contributed by atoms with van der Waals surface area (Å²) in [7, 11) is 0. The molecule has 1 aliphatic rings. The lowest BCUT2D eigenvalue weighted by Crippen LogP contribution is -2.49. The Morgan fingerprint density at radius 2 is 2.12 bits per heavy atom. The van der Waals surface area contributed by atoms with Crippen molar-refractivity contribution in [1.82, 2.24) is 10.2 Å². The zero-order valence-corrected chi connectivity index (χ0v) is 12.7. The summed E-state index contributed by atoms with van der Waals surface area (Å²) in [5, 5.41) is 3.48. The highest BCUT2D eigenvalue weighted by Gasteiger charge is 2.22. The van der Waals surface area contributed by atoms with E-state index in [2.05, 4.69) is 64.3 Å². The summed E-state index contributed by atoms with van der Waals surface area (Å²) in [6.45, 7) is 7.89. The molecule has 4 heteroatoms. The molecule has 1 heterocycles. The topological polar surface area (TPSA) is 15.3 Å². The molecular weight excluding hydrogens is 300 g/mol. The molecule has 2 atom stereocenters. The van der Waals surface area contributed by atoms with Gasteiger partial charge in [-0.25, -0.2) is 0 Å². The second-order valence-corrected chi connectivity index (χ2v) is 5.40. The van der Waals surface area contributed by atoms with Crippen molar-refractivity contribution in [3.63, 3.8) is 0 Å². The summed E-state index contributed by atoms with van der Waals surface area (Å²) in [6.07, 6.45) is 0. The summed E-state index contributed by atoms with van der Waals surface area (Å²) < 4.78 is 1.22. The number of nitrogens with one attached hydrogen (secondary N) is 1. The standard InChI is InChI=1S/C13H19BrN2.ClH/c1-10-9-16(8-7-15-10)11(2)12-5-3-4-6-13(12)14;/h3-6,10-11,15H,7-9H2,1-2H3;1H. The van der Waals surface area contributed by atoms with Crippen LogP contribution in [-0.4, -0.2) is 30.6 Å². The number of nitrogens with zero attached hydrogens (tertiary/aromatic N) is 1. The van der Waals surface area contributed by atoms with E-state index >= 15 is 0 Å². The van der Waals surface area contributed by atoms with Gasteiger partial charge in [0, 0.05) is 36.2 Å². The molecule has 2 rings (SSSR count). The summed E-state index contributed by atoms with van der Waals surface area (Å²) in [5.74, 6) is 0. The fourth-order valence-corrected chi connectivity index (χ4v) is 2.94. The SMILES string of the molecule is CC1CN(C(C)c2ccccc2Br)CCN1.Cl. The van der Waals surface area contributed by atoms with Crippen molar-refractivity contribution in [3.8, 4) is 0 Å². The molecule has 2 unspecified atom stereocenters. The first-order chi connectivity index (χ1) is 7.68. The zero-order valence-electron chi connectivity index (χ0n) is 10.3. The predicted molar refractivity (Wildman–Crippen MR) is 78.8 cm³/mol. The predicted octanol–water partition coefficient (Wildman–Crippen LogP) is 3.23. The minimum Gasteiger partial charge on any atom is -0.312 e. The van der Waals surface area contributed by atoms with Crippen molar-refractivity contribution in [2.75, 3.05) is 19.6 Å². The van der Waals surface area contributed by atoms with Gasteiger partial charge in [0.25, 0.3) is 0 Å². The van der Waals surface area contributed by atoms with E-state index in [9.17, 15) is 0 Å². The van der Waals surface area contributed by atoms with E-state index in [1.165, 1.54) is 10.0 Å². The molecule has 1 aromatic carbocycles. The fourth-order valence-electron chi connectivity index (χ4n) is 2.32. The van der Waals surface area contributed by atoms with Crippen LogP contribution in [0.4, 0.5) is 0 Å². The molecule has 0 bridgehead atoms. The van der Waals surface area contributed by atoms with E-state index < -0.39 is 0 Å². The van der Waals surface area contributed by atoms with E-state index in [1.54, 1.807) is 0 Å². The van der Waals surface area contributed by atoms with Crippen LogP contribution in [0.25, 0.3) is 0 Å². The maximum Gasteiger partial charge on any atom is 0.0332 e. The van der Waals surface area contributed by atoms with Gasteiger partial charge in [0.05, 0.1) is 0 Å². The van der Waals surface area contributed by atoms with Crippen molar-refractivity contribution in [1.29, 1.82) is 0 Å². The quantitative estimate of drug-likeness (QED) is 0.900. The molecule has 0 amide bonds. The van der Waals surface area contributed by atoms with Crippen LogP contribution >= 0.6 is 28.3 Å². The van der Waals surface area contributed by atoms with Gasteiger partial charge in [-0.15, -0.1) is 12.4 Å². The van der Waals surface area contributed by atoms with Crippen LogP contribution in [0.5, 0.6) is 0 Å². The molecule has 1 N–H and O–H groups in total. The van der Waals surface area contributed by atoms with E-state index in [1.807, 2.05) is 0 Å². The van der Waals surface area contributed by atoms with Crippen LogP contribution in [0.1, 0.15) is 25.5 Å². The molecule has 1 aromatic rings. The number of benzene rings is 1. The van der Waals surface area contributed by atoms with Crippen LogP contribution in [0, 0.1) is 0 Å². The van der Waals surface area contributed by atoms with Crippen molar-refractivity contribution in [3.05, 3.63) is 34.3 Å². The number of piperazine rings is 1.